The lowest BCUT2D eigenvalue weighted by molar-refractivity contribution is 0.408. The van der Waals surface area contributed by atoms with Crippen LogP contribution in [0.5, 0.6) is 0 Å². The smallest absolute Gasteiger partial charge is 0.261 e. The molecule has 1 rings (SSSR count). The minimum Gasteiger partial charge on any atom is -0.324 e. The van der Waals surface area contributed by atoms with Crippen LogP contribution in [0.1, 0.15) is 5.56 Å². The average molecular weight is 216 g/mol. The molecule has 0 aliphatic rings. The third-order valence-electron chi connectivity index (χ3n) is 1.78. The zero-order chi connectivity index (χ0) is 9.73. The van der Waals surface area contributed by atoms with Crippen molar-refractivity contribution in [3.8, 4) is 0 Å². The SMILES string of the molecule is COP(=O)(Cc1ccccc1)SC. The van der Waals surface area contributed by atoms with Gasteiger partial charge in [0.2, 0.25) is 0 Å². The predicted molar refractivity (Wildman–Crippen MR) is 58.3 cm³/mol. The Morgan fingerprint density at radius 3 is 2.46 bits per heavy atom. The molecule has 1 unspecified atom stereocenters. The van der Waals surface area contributed by atoms with Gasteiger partial charge in [0, 0.05) is 7.11 Å². The Bertz CT molecular complexity index is 292. The molecule has 0 bridgehead atoms. The van der Waals surface area contributed by atoms with Crippen LogP contribution in [0.25, 0.3) is 0 Å². The lowest BCUT2D eigenvalue weighted by Crippen LogP contribution is -1.86. The molecule has 0 fully saturated rings. The Balaban J connectivity index is 2.74. The second-order valence-electron chi connectivity index (χ2n) is 2.62. The van der Waals surface area contributed by atoms with E-state index in [2.05, 4.69) is 0 Å². The predicted octanol–water partition coefficient (Wildman–Crippen LogP) is 3.39. The van der Waals surface area contributed by atoms with E-state index in [1.165, 1.54) is 18.5 Å². The van der Waals surface area contributed by atoms with Crippen LogP contribution in [0.3, 0.4) is 0 Å². The van der Waals surface area contributed by atoms with Crippen LogP contribution < -0.4 is 0 Å². The Hall–Kier alpha value is -0.240. The van der Waals surface area contributed by atoms with Crippen molar-refractivity contribution in [3.05, 3.63) is 35.9 Å². The van der Waals surface area contributed by atoms with Crippen molar-refractivity contribution in [1.82, 2.24) is 0 Å². The monoisotopic (exact) mass is 216 g/mol. The molecule has 1 aromatic rings. The van der Waals surface area contributed by atoms with Crippen molar-refractivity contribution < 1.29 is 9.09 Å². The maximum atomic E-state index is 11.9. The van der Waals surface area contributed by atoms with Gasteiger partial charge < -0.3 is 4.52 Å². The van der Waals surface area contributed by atoms with E-state index in [1.807, 2.05) is 36.6 Å². The largest absolute Gasteiger partial charge is 0.324 e. The third-order valence-corrected chi connectivity index (χ3v) is 6.14. The van der Waals surface area contributed by atoms with Crippen molar-refractivity contribution in [2.45, 2.75) is 6.16 Å². The molecule has 72 valence electrons. The third kappa shape index (κ3) is 3.18. The quantitative estimate of drug-likeness (QED) is 0.721. The molecule has 0 aromatic heterocycles. The molecule has 0 saturated carbocycles. The highest BCUT2D eigenvalue weighted by atomic mass is 32.7. The molecular weight excluding hydrogens is 203 g/mol. The normalized spacial score (nSPS) is 15.2. The second kappa shape index (κ2) is 4.85. The molecule has 0 aliphatic carbocycles. The first-order valence-electron chi connectivity index (χ1n) is 3.94. The van der Waals surface area contributed by atoms with E-state index in [0.717, 1.165) is 5.56 Å². The number of benzene rings is 1. The first-order valence-corrected chi connectivity index (χ1v) is 7.58. The van der Waals surface area contributed by atoms with Crippen molar-refractivity contribution in [3.63, 3.8) is 0 Å². The van der Waals surface area contributed by atoms with Gasteiger partial charge in [0.25, 0.3) is 6.57 Å². The fourth-order valence-electron chi connectivity index (χ4n) is 1.01. The fraction of sp³-hybridized carbons (Fsp3) is 0.333. The van der Waals surface area contributed by atoms with Gasteiger partial charge in [-0.05, 0) is 11.8 Å². The number of rotatable bonds is 4. The second-order valence-corrected chi connectivity index (χ2v) is 7.65. The summed E-state index contributed by atoms with van der Waals surface area (Å²) in [6.07, 6.45) is 2.32. The van der Waals surface area contributed by atoms with Gasteiger partial charge in [-0.25, -0.2) is 0 Å². The highest BCUT2D eigenvalue weighted by Gasteiger charge is 2.19. The van der Waals surface area contributed by atoms with Crippen LogP contribution in [0.15, 0.2) is 30.3 Å². The summed E-state index contributed by atoms with van der Waals surface area (Å²) in [6.45, 7) is -2.49. The first-order chi connectivity index (χ1) is 6.20. The lowest BCUT2D eigenvalue weighted by atomic mass is 10.2. The molecule has 13 heavy (non-hydrogen) atoms. The summed E-state index contributed by atoms with van der Waals surface area (Å²) in [5, 5.41) is 0. The minimum absolute atomic E-state index is 0.505. The maximum Gasteiger partial charge on any atom is 0.261 e. The summed E-state index contributed by atoms with van der Waals surface area (Å²) in [5.74, 6) is 0. The van der Waals surface area contributed by atoms with Crippen LogP contribution in [0.2, 0.25) is 0 Å². The molecule has 4 heteroatoms. The summed E-state index contributed by atoms with van der Waals surface area (Å²) < 4.78 is 16.9. The maximum absolute atomic E-state index is 11.9. The van der Waals surface area contributed by atoms with Crippen LogP contribution >= 0.6 is 18.0 Å². The van der Waals surface area contributed by atoms with Crippen LogP contribution in [-0.2, 0) is 15.3 Å². The van der Waals surface area contributed by atoms with Crippen molar-refractivity contribution in [1.29, 1.82) is 0 Å². The van der Waals surface area contributed by atoms with Gasteiger partial charge in [0.1, 0.15) is 0 Å². The highest BCUT2D eigenvalue weighted by molar-refractivity contribution is 8.56. The van der Waals surface area contributed by atoms with Gasteiger partial charge in [-0.3, -0.25) is 4.57 Å². The lowest BCUT2D eigenvalue weighted by Gasteiger charge is -2.12. The zero-order valence-electron chi connectivity index (χ0n) is 7.77. The number of hydrogen-bond donors (Lipinski definition) is 0. The van der Waals surface area contributed by atoms with E-state index in [0.29, 0.717) is 6.16 Å². The average Bonchev–Trinajstić information content (AvgIpc) is 2.19. The molecule has 0 aliphatic heterocycles. The molecule has 0 heterocycles. The summed E-state index contributed by atoms with van der Waals surface area (Å²) in [6, 6.07) is 9.75. The van der Waals surface area contributed by atoms with Gasteiger partial charge in [0.05, 0.1) is 6.16 Å². The minimum atomic E-state index is -2.49. The van der Waals surface area contributed by atoms with Crippen LogP contribution in [0, 0.1) is 0 Å². The van der Waals surface area contributed by atoms with E-state index >= 15 is 0 Å². The Kier molecular flexibility index (Phi) is 4.04. The summed E-state index contributed by atoms with van der Waals surface area (Å²) in [4.78, 5) is 0. The molecule has 0 amide bonds. The van der Waals surface area contributed by atoms with E-state index in [4.69, 9.17) is 4.52 Å². The topological polar surface area (TPSA) is 26.3 Å². The molecule has 1 aromatic carbocycles. The Morgan fingerprint density at radius 2 is 2.00 bits per heavy atom. The van der Waals surface area contributed by atoms with Crippen molar-refractivity contribution in [2.75, 3.05) is 13.4 Å². The van der Waals surface area contributed by atoms with E-state index < -0.39 is 6.57 Å². The van der Waals surface area contributed by atoms with Gasteiger partial charge in [0.15, 0.2) is 0 Å². The van der Waals surface area contributed by atoms with Gasteiger partial charge >= 0.3 is 0 Å². The van der Waals surface area contributed by atoms with E-state index in [-0.39, 0.29) is 0 Å². The summed E-state index contributed by atoms with van der Waals surface area (Å²) in [5.41, 5.74) is 1.06. The molecule has 0 N–H and O–H groups in total. The summed E-state index contributed by atoms with van der Waals surface area (Å²) in [7, 11) is 1.50. The molecule has 0 spiro atoms. The summed E-state index contributed by atoms with van der Waals surface area (Å²) >= 11 is 1.30. The van der Waals surface area contributed by atoms with Gasteiger partial charge in [-0.2, -0.15) is 0 Å². The van der Waals surface area contributed by atoms with Crippen molar-refractivity contribution in [2.24, 2.45) is 0 Å². The van der Waals surface area contributed by atoms with Gasteiger partial charge in [-0.1, -0.05) is 41.7 Å². The Morgan fingerprint density at radius 1 is 1.38 bits per heavy atom. The number of hydrogen-bond acceptors (Lipinski definition) is 3. The molecule has 2 nitrogen and oxygen atoms in total. The standard InChI is InChI=1S/C9H13O2PS/c1-11-12(10,13-2)8-9-6-4-3-5-7-9/h3-7H,8H2,1-2H3. The van der Waals surface area contributed by atoms with E-state index in [1.54, 1.807) is 0 Å². The van der Waals surface area contributed by atoms with Crippen molar-refractivity contribution >= 4 is 18.0 Å². The molecule has 1 atom stereocenters. The zero-order valence-corrected chi connectivity index (χ0v) is 9.48. The molecule has 0 saturated heterocycles. The van der Waals surface area contributed by atoms with Crippen LogP contribution in [0.4, 0.5) is 0 Å². The van der Waals surface area contributed by atoms with Crippen LogP contribution in [-0.4, -0.2) is 13.4 Å². The van der Waals surface area contributed by atoms with E-state index in [9.17, 15) is 4.57 Å². The Labute approximate surface area is 82.9 Å². The fourth-order valence-corrected chi connectivity index (χ4v) is 3.36. The highest BCUT2D eigenvalue weighted by Crippen LogP contribution is 2.59. The first kappa shape index (κ1) is 10.8. The molecule has 0 radical (unpaired) electrons. The van der Waals surface area contributed by atoms with Gasteiger partial charge in [-0.15, -0.1) is 0 Å². The molecular formula is C9H13O2PS.